The molecule has 1 saturated carbocycles. The molecule has 1 aromatic carbocycles. The number of hydrogen-bond acceptors (Lipinski definition) is 2. The van der Waals surface area contributed by atoms with E-state index in [1.54, 1.807) is 0 Å². The zero-order valence-electron chi connectivity index (χ0n) is 13.5. The van der Waals surface area contributed by atoms with Gasteiger partial charge in [0, 0.05) is 35.7 Å². The number of rotatable bonds is 4. The van der Waals surface area contributed by atoms with Crippen LogP contribution in [0.2, 0.25) is 5.02 Å². The zero-order chi connectivity index (χ0) is 15.1. The van der Waals surface area contributed by atoms with Crippen LogP contribution >= 0.6 is 11.6 Å². The van der Waals surface area contributed by atoms with E-state index in [-0.39, 0.29) is 11.1 Å². The van der Waals surface area contributed by atoms with Crippen LogP contribution in [0.4, 0.5) is 0 Å². The third-order valence-electron chi connectivity index (χ3n) is 5.63. The Balaban J connectivity index is 1.83. The van der Waals surface area contributed by atoms with Gasteiger partial charge in [0.05, 0.1) is 0 Å². The minimum atomic E-state index is 0.229. The first-order valence-electron chi connectivity index (χ1n) is 8.20. The molecular formula is C18H27ClN2. The van der Waals surface area contributed by atoms with E-state index in [1.165, 1.54) is 24.8 Å². The number of benzene rings is 1. The van der Waals surface area contributed by atoms with Crippen molar-refractivity contribution in [3.8, 4) is 0 Å². The summed E-state index contributed by atoms with van der Waals surface area (Å²) in [5.74, 6) is 0.852. The molecule has 1 saturated heterocycles. The second-order valence-electron chi connectivity index (χ2n) is 7.39. The molecule has 1 aromatic rings. The van der Waals surface area contributed by atoms with Gasteiger partial charge < -0.3 is 5.32 Å². The number of piperazine rings is 1. The van der Waals surface area contributed by atoms with Gasteiger partial charge in [-0.2, -0.15) is 0 Å². The lowest BCUT2D eigenvalue weighted by molar-refractivity contribution is -0.00133. The molecule has 2 unspecified atom stereocenters. The molecule has 2 nitrogen and oxygen atoms in total. The molecule has 116 valence electrons. The Morgan fingerprint density at radius 3 is 2.71 bits per heavy atom. The molecule has 2 fully saturated rings. The molecule has 0 spiro atoms. The van der Waals surface area contributed by atoms with Crippen molar-refractivity contribution in [2.45, 2.75) is 57.7 Å². The highest BCUT2D eigenvalue weighted by atomic mass is 35.5. The summed E-state index contributed by atoms with van der Waals surface area (Å²) in [5.41, 5.74) is 1.85. The Labute approximate surface area is 133 Å². The molecule has 3 rings (SSSR count). The molecule has 2 aliphatic rings. The van der Waals surface area contributed by atoms with Crippen molar-refractivity contribution in [3.05, 3.63) is 34.9 Å². The van der Waals surface area contributed by atoms with Crippen molar-refractivity contribution in [1.29, 1.82) is 0 Å². The van der Waals surface area contributed by atoms with E-state index < -0.39 is 0 Å². The molecule has 2 atom stereocenters. The van der Waals surface area contributed by atoms with Crippen molar-refractivity contribution in [1.82, 2.24) is 10.2 Å². The third kappa shape index (κ3) is 3.13. The number of nitrogens with zero attached hydrogens (tertiary/aromatic N) is 1. The van der Waals surface area contributed by atoms with Crippen LogP contribution in [0.5, 0.6) is 0 Å². The normalized spacial score (nSPS) is 34.1. The highest BCUT2D eigenvalue weighted by Gasteiger charge is 2.50. The van der Waals surface area contributed by atoms with Gasteiger partial charge in [-0.15, -0.1) is 0 Å². The van der Waals surface area contributed by atoms with Gasteiger partial charge in [-0.1, -0.05) is 30.7 Å². The summed E-state index contributed by atoms with van der Waals surface area (Å²) in [7, 11) is 0. The monoisotopic (exact) mass is 306 g/mol. The van der Waals surface area contributed by atoms with Gasteiger partial charge >= 0.3 is 0 Å². The van der Waals surface area contributed by atoms with E-state index in [1.807, 2.05) is 6.07 Å². The molecule has 1 heterocycles. The van der Waals surface area contributed by atoms with Gasteiger partial charge in [0.1, 0.15) is 0 Å². The third-order valence-corrected chi connectivity index (χ3v) is 5.87. The minimum absolute atomic E-state index is 0.229. The summed E-state index contributed by atoms with van der Waals surface area (Å²) >= 11 is 6.16. The summed E-state index contributed by atoms with van der Waals surface area (Å²) in [6.07, 6.45) is 3.93. The van der Waals surface area contributed by atoms with Gasteiger partial charge in [0.2, 0.25) is 0 Å². The fourth-order valence-electron chi connectivity index (χ4n) is 3.60. The smallest absolute Gasteiger partial charge is 0.0409 e. The quantitative estimate of drug-likeness (QED) is 0.901. The van der Waals surface area contributed by atoms with Crippen LogP contribution in [0.15, 0.2) is 24.3 Å². The molecular weight excluding hydrogens is 280 g/mol. The van der Waals surface area contributed by atoms with Crippen molar-refractivity contribution in [2.75, 3.05) is 13.1 Å². The minimum Gasteiger partial charge on any atom is -0.308 e. The lowest BCUT2D eigenvalue weighted by atomic mass is 9.84. The van der Waals surface area contributed by atoms with Crippen LogP contribution in [0.25, 0.3) is 0 Å². The van der Waals surface area contributed by atoms with Crippen LogP contribution in [0.1, 0.15) is 45.6 Å². The maximum atomic E-state index is 6.16. The van der Waals surface area contributed by atoms with Gasteiger partial charge in [-0.3, -0.25) is 4.90 Å². The average molecular weight is 307 g/mol. The Morgan fingerprint density at radius 1 is 1.33 bits per heavy atom. The fourth-order valence-corrected chi connectivity index (χ4v) is 3.81. The Kier molecular flexibility index (Phi) is 4.06. The molecule has 0 aromatic heterocycles. The van der Waals surface area contributed by atoms with E-state index in [0.29, 0.717) is 0 Å². The number of halogens is 1. The Morgan fingerprint density at radius 2 is 2.10 bits per heavy atom. The SMILES string of the molecule is CCC1(C)CN(Cc2cccc(Cl)c2)C(C)(C2CC2)CN1. The molecule has 0 radical (unpaired) electrons. The van der Waals surface area contributed by atoms with E-state index >= 15 is 0 Å². The van der Waals surface area contributed by atoms with E-state index in [2.05, 4.69) is 49.2 Å². The van der Waals surface area contributed by atoms with E-state index in [9.17, 15) is 0 Å². The Hall–Kier alpha value is -0.570. The molecule has 0 amide bonds. The summed E-state index contributed by atoms with van der Waals surface area (Å²) in [5, 5.41) is 4.66. The lowest BCUT2D eigenvalue weighted by Gasteiger charge is -2.53. The highest BCUT2D eigenvalue weighted by Crippen LogP contribution is 2.45. The van der Waals surface area contributed by atoms with E-state index in [4.69, 9.17) is 11.6 Å². The first-order chi connectivity index (χ1) is 9.95. The van der Waals surface area contributed by atoms with Gasteiger partial charge in [-0.25, -0.2) is 0 Å². The molecule has 1 N–H and O–H groups in total. The molecule has 1 aliphatic heterocycles. The predicted octanol–water partition coefficient (Wildman–Crippen LogP) is 4.08. The van der Waals surface area contributed by atoms with Crippen molar-refractivity contribution in [2.24, 2.45) is 5.92 Å². The fraction of sp³-hybridized carbons (Fsp3) is 0.667. The topological polar surface area (TPSA) is 15.3 Å². The van der Waals surface area contributed by atoms with Crippen LogP contribution in [0.3, 0.4) is 0 Å². The van der Waals surface area contributed by atoms with Gasteiger partial charge in [-0.05, 0) is 56.7 Å². The van der Waals surface area contributed by atoms with Crippen molar-refractivity contribution >= 4 is 11.6 Å². The van der Waals surface area contributed by atoms with E-state index in [0.717, 1.165) is 30.6 Å². The second-order valence-corrected chi connectivity index (χ2v) is 7.82. The molecule has 1 aliphatic carbocycles. The standard InChI is InChI=1S/C18H27ClN2/c1-4-17(2)13-21(11-14-6-5-7-16(19)10-14)18(3,12-20-17)15-8-9-15/h5-7,10,15,20H,4,8-9,11-13H2,1-3H3. The van der Waals surface area contributed by atoms with Crippen LogP contribution < -0.4 is 5.32 Å². The number of nitrogens with one attached hydrogen (secondary N) is 1. The lowest BCUT2D eigenvalue weighted by Crippen LogP contribution is -2.68. The molecule has 21 heavy (non-hydrogen) atoms. The first-order valence-corrected chi connectivity index (χ1v) is 8.57. The molecule has 0 bridgehead atoms. The summed E-state index contributed by atoms with van der Waals surface area (Å²) in [6, 6.07) is 8.33. The second kappa shape index (κ2) is 5.57. The van der Waals surface area contributed by atoms with Crippen LogP contribution in [0, 0.1) is 5.92 Å². The Bertz CT molecular complexity index is 514. The van der Waals surface area contributed by atoms with Crippen molar-refractivity contribution in [3.63, 3.8) is 0 Å². The highest BCUT2D eigenvalue weighted by molar-refractivity contribution is 6.30. The summed E-state index contributed by atoms with van der Waals surface area (Å²) in [6.45, 7) is 10.3. The zero-order valence-corrected chi connectivity index (χ0v) is 14.2. The van der Waals surface area contributed by atoms with Crippen molar-refractivity contribution < 1.29 is 0 Å². The maximum Gasteiger partial charge on any atom is 0.0409 e. The van der Waals surface area contributed by atoms with Gasteiger partial charge in [0.25, 0.3) is 0 Å². The number of hydrogen-bond donors (Lipinski definition) is 1. The van der Waals surface area contributed by atoms with Gasteiger partial charge in [0.15, 0.2) is 0 Å². The predicted molar refractivity (Wildman–Crippen MR) is 89.7 cm³/mol. The summed E-state index contributed by atoms with van der Waals surface area (Å²) in [4.78, 5) is 2.70. The average Bonchev–Trinajstić information content (AvgIpc) is 3.28. The largest absolute Gasteiger partial charge is 0.308 e. The summed E-state index contributed by atoms with van der Waals surface area (Å²) < 4.78 is 0. The molecule has 3 heteroatoms. The van der Waals surface area contributed by atoms with Crippen LogP contribution in [-0.4, -0.2) is 29.1 Å². The maximum absolute atomic E-state index is 6.16. The van der Waals surface area contributed by atoms with Crippen LogP contribution in [-0.2, 0) is 6.54 Å². The first kappa shape index (κ1) is 15.3.